The number of amides is 1. The van der Waals surface area contributed by atoms with Crippen LogP contribution in [0.4, 0.5) is 5.69 Å². The molecular formula is C12H16BrNO. The van der Waals surface area contributed by atoms with Crippen LogP contribution < -0.4 is 5.32 Å². The van der Waals surface area contributed by atoms with E-state index in [1.807, 2.05) is 31.2 Å². The van der Waals surface area contributed by atoms with Gasteiger partial charge in [-0.2, -0.15) is 0 Å². The number of hydrogen-bond donors (Lipinski definition) is 1. The monoisotopic (exact) mass is 269 g/mol. The second-order valence-corrected chi connectivity index (χ2v) is 5.15. The lowest BCUT2D eigenvalue weighted by Gasteiger charge is -2.06. The minimum atomic E-state index is 0.0524. The number of carbonyl (C=O) groups excluding carboxylic acids is 1. The molecule has 0 aliphatic carbocycles. The van der Waals surface area contributed by atoms with Crippen molar-refractivity contribution in [2.75, 3.05) is 5.32 Å². The highest BCUT2D eigenvalue weighted by molar-refractivity contribution is 9.09. The fourth-order valence-corrected chi connectivity index (χ4v) is 1.67. The van der Waals surface area contributed by atoms with Crippen LogP contribution in [0.25, 0.3) is 0 Å². The number of benzene rings is 1. The Morgan fingerprint density at radius 2 is 2.00 bits per heavy atom. The predicted octanol–water partition coefficient (Wildman–Crippen LogP) is 3.36. The molecular weight excluding hydrogens is 254 g/mol. The molecule has 0 fully saturated rings. The Kier molecular flexibility index (Phi) is 4.82. The zero-order valence-electron chi connectivity index (χ0n) is 9.09. The molecule has 0 heterocycles. The van der Waals surface area contributed by atoms with Crippen LogP contribution >= 0.6 is 15.9 Å². The topological polar surface area (TPSA) is 29.1 Å². The van der Waals surface area contributed by atoms with E-state index in [0.717, 1.165) is 12.1 Å². The predicted molar refractivity (Wildman–Crippen MR) is 67.5 cm³/mol. The van der Waals surface area contributed by atoms with Crippen molar-refractivity contribution in [1.82, 2.24) is 0 Å². The standard InChI is InChI=1S/C12H16BrNO/c1-3-12(15)14-11-6-4-10(5-7-11)8-9(2)13/h4-7,9H,3,8H2,1-2H3,(H,14,15). The number of carbonyl (C=O) groups is 1. The van der Waals surface area contributed by atoms with Crippen LogP contribution in [0.15, 0.2) is 24.3 Å². The van der Waals surface area contributed by atoms with Gasteiger partial charge >= 0.3 is 0 Å². The lowest BCUT2D eigenvalue weighted by molar-refractivity contribution is -0.115. The smallest absolute Gasteiger partial charge is 0.224 e. The Morgan fingerprint density at radius 1 is 1.40 bits per heavy atom. The molecule has 0 spiro atoms. The summed E-state index contributed by atoms with van der Waals surface area (Å²) >= 11 is 3.51. The molecule has 82 valence electrons. The van der Waals surface area contributed by atoms with E-state index in [9.17, 15) is 4.79 Å². The van der Waals surface area contributed by atoms with Crippen molar-refractivity contribution >= 4 is 27.5 Å². The molecule has 1 unspecified atom stereocenters. The normalized spacial score (nSPS) is 12.2. The number of anilines is 1. The molecule has 3 heteroatoms. The highest BCUT2D eigenvalue weighted by Crippen LogP contribution is 2.13. The molecule has 0 aliphatic rings. The first-order chi connectivity index (χ1) is 7.11. The fraction of sp³-hybridized carbons (Fsp3) is 0.417. The van der Waals surface area contributed by atoms with Crippen molar-refractivity contribution in [2.24, 2.45) is 0 Å². The summed E-state index contributed by atoms with van der Waals surface area (Å²) in [5.41, 5.74) is 2.14. The first-order valence-corrected chi connectivity index (χ1v) is 6.06. The third kappa shape index (κ3) is 4.47. The molecule has 2 nitrogen and oxygen atoms in total. The summed E-state index contributed by atoms with van der Waals surface area (Å²) < 4.78 is 0. The quantitative estimate of drug-likeness (QED) is 0.835. The minimum absolute atomic E-state index is 0.0524. The summed E-state index contributed by atoms with van der Waals surface area (Å²) in [5, 5.41) is 2.82. The summed E-state index contributed by atoms with van der Waals surface area (Å²) in [5.74, 6) is 0.0524. The highest BCUT2D eigenvalue weighted by Gasteiger charge is 2.01. The van der Waals surface area contributed by atoms with Crippen molar-refractivity contribution in [3.05, 3.63) is 29.8 Å². The lowest BCUT2D eigenvalue weighted by Crippen LogP contribution is -2.09. The average Bonchev–Trinajstić information content (AvgIpc) is 2.20. The fourth-order valence-electron chi connectivity index (χ4n) is 1.30. The van der Waals surface area contributed by atoms with Crippen LogP contribution in [0.3, 0.4) is 0 Å². The van der Waals surface area contributed by atoms with E-state index in [4.69, 9.17) is 0 Å². The number of nitrogens with one attached hydrogen (secondary N) is 1. The van der Waals surface area contributed by atoms with E-state index < -0.39 is 0 Å². The minimum Gasteiger partial charge on any atom is -0.326 e. The van der Waals surface area contributed by atoms with Gasteiger partial charge in [0.25, 0.3) is 0 Å². The van der Waals surface area contributed by atoms with E-state index in [-0.39, 0.29) is 5.91 Å². The van der Waals surface area contributed by atoms with Crippen molar-refractivity contribution < 1.29 is 4.79 Å². The van der Waals surface area contributed by atoms with Gasteiger partial charge in [-0.1, -0.05) is 41.9 Å². The van der Waals surface area contributed by atoms with Crippen LogP contribution in [0.2, 0.25) is 0 Å². The number of rotatable bonds is 4. The van der Waals surface area contributed by atoms with E-state index in [2.05, 4.69) is 28.2 Å². The maximum Gasteiger partial charge on any atom is 0.224 e. The Bertz CT molecular complexity index is 319. The molecule has 0 saturated heterocycles. The van der Waals surface area contributed by atoms with E-state index in [0.29, 0.717) is 11.2 Å². The van der Waals surface area contributed by atoms with Gasteiger partial charge in [0.05, 0.1) is 0 Å². The van der Waals surface area contributed by atoms with Crippen LogP contribution in [0.5, 0.6) is 0 Å². The number of alkyl halides is 1. The molecule has 0 radical (unpaired) electrons. The first kappa shape index (κ1) is 12.2. The lowest BCUT2D eigenvalue weighted by atomic mass is 10.1. The van der Waals surface area contributed by atoms with Crippen LogP contribution in [-0.2, 0) is 11.2 Å². The summed E-state index contributed by atoms with van der Waals surface area (Å²) in [4.78, 5) is 11.6. The Hall–Kier alpha value is -0.830. The van der Waals surface area contributed by atoms with Gasteiger partial charge in [-0.3, -0.25) is 4.79 Å². The summed E-state index contributed by atoms with van der Waals surface area (Å²) in [7, 11) is 0. The molecule has 1 aromatic rings. The number of hydrogen-bond acceptors (Lipinski definition) is 1. The summed E-state index contributed by atoms with van der Waals surface area (Å²) in [6.45, 7) is 3.96. The highest BCUT2D eigenvalue weighted by atomic mass is 79.9. The Balaban J connectivity index is 2.60. The molecule has 0 aromatic heterocycles. The van der Waals surface area contributed by atoms with Gasteiger partial charge in [0.15, 0.2) is 0 Å². The average molecular weight is 270 g/mol. The third-order valence-electron chi connectivity index (χ3n) is 2.08. The molecule has 0 aliphatic heterocycles. The molecule has 1 atom stereocenters. The zero-order chi connectivity index (χ0) is 11.3. The van der Waals surface area contributed by atoms with Gasteiger partial charge in [0, 0.05) is 16.9 Å². The van der Waals surface area contributed by atoms with Gasteiger partial charge in [-0.25, -0.2) is 0 Å². The molecule has 1 rings (SSSR count). The van der Waals surface area contributed by atoms with Crippen LogP contribution in [0.1, 0.15) is 25.8 Å². The van der Waals surface area contributed by atoms with Gasteiger partial charge < -0.3 is 5.32 Å². The second-order valence-electron chi connectivity index (χ2n) is 3.58. The third-order valence-corrected chi connectivity index (χ3v) is 2.40. The maximum atomic E-state index is 11.1. The van der Waals surface area contributed by atoms with Crippen molar-refractivity contribution in [3.63, 3.8) is 0 Å². The van der Waals surface area contributed by atoms with Crippen LogP contribution in [0, 0.1) is 0 Å². The SMILES string of the molecule is CCC(=O)Nc1ccc(CC(C)Br)cc1. The largest absolute Gasteiger partial charge is 0.326 e. The van der Waals surface area contributed by atoms with Gasteiger partial charge in [0.1, 0.15) is 0 Å². The molecule has 0 bridgehead atoms. The summed E-state index contributed by atoms with van der Waals surface area (Å²) in [6, 6.07) is 7.97. The van der Waals surface area contributed by atoms with Crippen molar-refractivity contribution in [2.45, 2.75) is 31.5 Å². The second kappa shape index (κ2) is 5.91. The van der Waals surface area contributed by atoms with Gasteiger partial charge in [-0.05, 0) is 24.1 Å². The molecule has 1 aromatic carbocycles. The van der Waals surface area contributed by atoms with E-state index in [1.54, 1.807) is 0 Å². The molecule has 0 saturated carbocycles. The first-order valence-electron chi connectivity index (χ1n) is 5.14. The van der Waals surface area contributed by atoms with Crippen molar-refractivity contribution in [3.8, 4) is 0 Å². The molecule has 15 heavy (non-hydrogen) atoms. The molecule has 1 amide bonds. The van der Waals surface area contributed by atoms with Gasteiger partial charge in [-0.15, -0.1) is 0 Å². The van der Waals surface area contributed by atoms with E-state index >= 15 is 0 Å². The Morgan fingerprint density at radius 3 is 2.47 bits per heavy atom. The molecule has 1 N–H and O–H groups in total. The zero-order valence-corrected chi connectivity index (χ0v) is 10.7. The maximum absolute atomic E-state index is 11.1. The van der Waals surface area contributed by atoms with Crippen molar-refractivity contribution in [1.29, 1.82) is 0 Å². The van der Waals surface area contributed by atoms with Crippen LogP contribution in [-0.4, -0.2) is 10.7 Å². The Labute approximate surface area is 99.2 Å². The summed E-state index contributed by atoms with van der Waals surface area (Å²) in [6.07, 6.45) is 1.52. The number of halogens is 1. The van der Waals surface area contributed by atoms with Gasteiger partial charge in [0.2, 0.25) is 5.91 Å². The van der Waals surface area contributed by atoms with E-state index in [1.165, 1.54) is 5.56 Å².